The Morgan fingerprint density at radius 2 is 1.68 bits per heavy atom. The molecule has 0 aliphatic carbocycles. The first kappa shape index (κ1) is 19.2. The van der Waals surface area contributed by atoms with Gasteiger partial charge < -0.3 is 4.74 Å². The lowest BCUT2D eigenvalue weighted by molar-refractivity contribution is 0.00137. The summed E-state index contributed by atoms with van der Waals surface area (Å²) in [5.74, 6) is -0.214. The van der Waals surface area contributed by atoms with Crippen LogP contribution in [0.1, 0.15) is 44.5 Å². The molecule has 1 fully saturated rings. The summed E-state index contributed by atoms with van der Waals surface area (Å²) < 4.78 is 8.95. The Labute approximate surface area is 173 Å². The maximum atomic E-state index is 12.7. The highest BCUT2D eigenvalue weighted by molar-refractivity contribution is 14.1. The molecule has 6 heteroatoms. The maximum absolute atomic E-state index is 12.7. The maximum Gasteiger partial charge on any atom is 0.340 e. The minimum Gasteiger partial charge on any atom is -0.457 e. The fourth-order valence-electron chi connectivity index (χ4n) is 2.95. The van der Waals surface area contributed by atoms with Crippen LogP contribution < -0.4 is 0 Å². The van der Waals surface area contributed by atoms with Gasteiger partial charge in [-0.25, -0.2) is 4.79 Å². The number of esters is 1. The van der Waals surface area contributed by atoms with Gasteiger partial charge in [0, 0.05) is 22.7 Å². The van der Waals surface area contributed by atoms with Gasteiger partial charge in [-0.15, -0.1) is 0 Å². The lowest BCUT2D eigenvalue weighted by Gasteiger charge is -2.37. The van der Waals surface area contributed by atoms with Gasteiger partial charge >= 0.3 is 5.97 Å². The van der Waals surface area contributed by atoms with Crippen LogP contribution in [0.5, 0.6) is 0 Å². The van der Waals surface area contributed by atoms with E-state index in [-0.39, 0.29) is 23.2 Å². The first-order valence-corrected chi connectivity index (χ1v) is 10.3. The zero-order chi connectivity index (χ0) is 16.9. The average Bonchev–Trinajstić information content (AvgIpc) is 2.48. The van der Waals surface area contributed by atoms with Gasteiger partial charge in [0.2, 0.25) is 0 Å². The molecule has 2 rings (SSSR count). The van der Waals surface area contributed by atoms with Crippen molar-refractivity contribution in [2.75, 3.05) is 7.05 Å². The van der Waals surface area contributed by atoms with E-state index >= 15 is 0 Å². The molecule has 1 aliphatic rings. The van der Waals surface area contributed by atoms with Gasteiger partial charge in [0.05, 0.1) is 11.1 Å². The van der Waals surface area contributed by atoms with E-state index in [4.69, 9.17) is 4.74 Å². The van der Waals surface area contributed by atoms with Crippen LogP contribution in [0.4, 0.5) is 0 Å². The van der Waals surface area contributed by atoms with E-state index in [9.17, 15) is 4.79 Å². The second-order valence-corrected chi connectivity index (χ2v) is 10.4. The van der Waals surface area contributed by atoms with E-state index in [2.05, 4.69) is 107 Å². The summed E-state index contributed by atoms with van der Waals surface area (Å²) in [6.45, 7) is 8.68. The standard InChI is InChI=1S/C16H20I3NO2/c1-15(2)8-12(16(3,4)20(15)5)22-14(21)13-10(18)6-9(17)7-11(13)19/h6-7,12H,8H2,1-5H3. The van der Waals surface area contributed by atoms with Crippen molar-refractivity contribution in [3.63, 3.8) is 0 Å². The van der Waals surface area contributed by atoms with Crippen LogP contribution >= 0.6 is 67.8 Å². The molecule has 0 radical (unpaired) electrons. The molecule has 1 aliphatic heterocycles. The summed E-state index contributed by atoms with van der Waals surface area (Å²) in [6, 6.07) is 4.02. The SMILES string of the molecule is CN1C(C)(C)CC(OC(=O)c2c(I)cc(I)cc2I)C1(C)C. The van der Waals surface area contributed by atoms with Crippen molar-refractivity contribution in [2.24, 2.45) is 0 Å². The summed E-state index contributed by atoms with van der Waals surface area (Å²) in [5, 5.41) is 0. The zero-order valence-corrected chi connectivity index (χ0v) is 19.8. The predicted molar refractivity (Wildman–Crippen MR) is 114 cm³/mol. The Hall–Kier alpha value is 0.840. The summed E-state index contributed by atoms with van der Waals surface area (Å²) in [4.78, 5) is 15.0. The number of likely N-dealkylation sites (tertiary alicyclic amines) is 1. The molecule has 0 spiro atoms. The topological polar surface area (TPSA) is 29.5 Å². The minimum atomic E-state index is -0.214. The van der Waals surface area contributed by atoms with Crippen LogP contribution in [0.2, 0.25) is 0 Å². The molecule has 1 saturated heterocycles. The molecular formula is C16H20I3NO2. The van der Waals surface area contributed by atoms with Gasteiger partial charge in [0.15, 0.2) is 0 Å². The number of benzene rings is 1. The van der Waals surface area contributed by atoms with Crippen molar-refractivity contribution in [1.82, 2.24) is 4.90 Å². The number of hydrogen-bond donors (Lipinski definition) is 0. The molecule has 0 aromatic heterocycles. The average molecular weight is 639 g/mol. The number of halogens is 3. The fraction of sp³-hybridized carbons (Fsp3) is 0.562. The molecule has 0 N–H and O–H groups in total. The highest BCUT2D eigenvalue weighted by Crippen LogP contribution is 2.41. The minimum absolute atomic E-state index is 0.0286. The van der Waals surface area contributed by atoms with E-state index in [1.165, 1.54) is 0 Å². The Bertz CT molecular complexity index is 590. The van der Waals surface area contributed by atoms with Crippen LogP contribution in [0, 0.1) is 10.7 Å². The summed E-state index contributed by atoms with van der Waals surface area (Å²) in [6.07, 6.45) is 0.741. The number of rotatable bonds is 2. The Kier molecular flexibility index (Phi) is 5.77. The first-order valence-electron chi connectivity index (χ1n) is 7.06. The van der Waals surface area contributed by atoms with Gasteiger partial charge in [-0.1, -0.05) is 0 Å². The highest BCUT2D eigenvalue weighted by Gasteiger charge is 2.51. The normalized spacial score (nSPS) is 23.5. The molecule has 0 bridgehead atoms. The molecular weight excluding hydrogens is 619 g/mol. The van der Waals surface area contributed by atoms with E-state index < -0.39 is 0 Å². The zero-order valence-electron chi connectivity index (χ0n) is 13.3. The molecule has 0 saturated carbocycles. The van der Waals surface area contributed by atoms with Crippen LogP contribution in [0.15, 0.2) is 12.1 Å². The summed E-state index contributed by atoms with van der Waals surface area (Å²) >= 11 is 6.69. The number of carbonyl (C=O) groups excluding carboxylic acids is 1. The fourth-order valence-corrected chi connectivity index (χ4v) is 6.97. The van der Waals surface area contributed by atoms with Crippen LogP contribution in [-0.4, -0.2) is 35.1 Å². The first-order chi connectivity index (χ1) is 9.96. The molecule has 1 aromatic carbocycles. The van der Waals surface area contributed by atoms with Gasteiger partial charge in [0.1, 0.15) is 6.10 Å². The second-order valence-electron chi connectivity index (χ2n) is 6.87. The number of hydrogen-bond acceptors (Lipinski definition) is 3. The van der Waals surface area contributed by atoms with Gasteiger partial charge in [-0.2, -0.15) is 0 Å². The van der Waals surface area contributed by atoms with Crippen LogP contribution in [0.3, 0.4) is 0 Å². The van der Waals surface area contributed by atoms with Crippen molar-refractivity contribution in [1.29, 1.82) is 0 Å². The second kappa shape index (κ2) is 6.62. The Morgan fingerprint density at radius 3 is 2.09 bits per heavy atom. The third-order valence-electron chi connectivity index (χ3n) is 4.71. The molecule has 1 heterocycles. The summed E-state index contributed by atoms with van der Waals surface area (Å²) in [5.41, 5.74) is 0.546. The number of ether oxygens (including phenoxy) is 1. The van der Waals surface area contributed by atoms with E-state index in [0.717, 1.165) is 17.1 Å². The van der Waals surface area contributed by atoms with Gasteiger partial charge in [-0.05, 0) is 115 Å². The molecule has 0 amide bonds. The largest absolute Gasteiger partial charge is 0.457 e. The predicted octanol–water partition coefficient (Wildman–Crippen LogP) is 4.92. The summed E-state index contributed by atoms with van der Waals surface area (Å²) in [7, 11) is 2.10. The lowest BCUT2D eigenvalue weighted by Crippen LogP contribution is -2.48. The smallest absolute Gasteiger partial charge is 0.340 e. The Morgan fingerprint density at radius 1 is 1.18 bits per heavy atom. The molecule has 1 unspecified atom stereocenters. The molecule has 1 atom stereocenters. The monoisotopic (exact) mass is 639 g/mol. The quantitative estimate of drug-likeness (QED) is 0.341. The van der Waals surface area contributed by atoms with E-state index in [0.29, 0.717) is 5.56 Å². The Balaban J connectivity index is 2.27. The third kappa shape index (κ3) is 3.58. The van der Waals surface area contributed by atoms with Crippen molar-refractivity contribution in [3.8, 4) is 0 Å². The number of carbonyl (C=O) groups is 1. The van der Waals surface area contributed by atoms with Crippen molar-refractivity contribution in [3.05, 3.63) is 28.4 Å². The van der Waals surface area contributed by atoms with Crippen LogP contribution in [-0.2, 0) is 4.74 Å². The third-order valence-corrected chi connectivity index (χ3v) is 7.03. The van der Waals surface area contributed by atoms with Crippen molar-refractivity contribution < 1.29 is 9.53 Å². The van der Waals surface area contributed by atoms with Gasteiger partial charge in [0.25, 0.3) is 0 Å². The highest BCUT2D eigenvalue weighted by atomic mass is 127. The van der Waals surface area contributed by atoms with Crippen molar-refractivity contribution >= 4 is 73.7 Å². The van der Waals surface area contributed by atoms with E-state index in [1.807, 2.05) is 12.1 Å². The lowest BCUT2D eigenvalue weighted by atomic mass is 9.97. The molecule has 122 valence electrons. The molecule has 3 nitrogen and oxygen atoms in total. The molecule has 1 aromatic rings. The van der Waals surface area contributed by atoms with E-state index in [1.54, 1.807) is 0 Å². The van der Waals surface area contributed by atoms with Crippen molar-refractivity contribution in [2.45, 2.75) is 51.3 Å². The molecule has 22 heavy (non-hydrogen) atoms. The van der Waals surface area contributed by atoms with Crippen LogP contribution in [0.25, 0.3) is 0 Å². The van der Waals surface area contributed by atoms with Gasteiger partial charge in [-0.3, -0.25) is 4.90 Å². The number of likely N-dealkylation sites (N-methyl/N-ethyl adjacent to an activating group) is 1. The number of nitrogens with zero attached hydrogens (tertiary/aromatic N) is 1.